The molecule has 0 fully saturated rings. The molecule has 0 aromatic rings. The predicted molar refractivity (Wildman–Crippen MR) is 87.4 cm³/mol. The average Bonchev–Trinajstić information content (AvgIpc) is 2.33. The van der Waals surface area contributed by atoms with Crippen LogP contribution in [-0.4, -0.2) is 82.7 Å². The van der Waals surface area contributed by atoms with E-state index in [2.05, 4.69) is 23.6 Å². The van der Waals surface area contributed by atoms with E-state index in [1.165, 1.54) is 0 Å². The Morgan fingerprint density at radius 2 is 1.00 bits per heavy atom. The largest absolute Gasteiger partial charge is 0.392 e. The van der Waals surface area contributed by atoms with Gasteiger partial charge in [-0.05, 0) is 26.7 Å². The Morgan fingerprint density at radius 3 is 1.29 bits per heavy atom. The van der Waals surface area contributed by atoms with E-state index in [0.717, 1.165) is 26.1 Å². The molecule has 128 valence electrons. The number of rotatable bonds is 12. The second kappa shape index (κ2) is 11.4. The second-order valence-corrected chi connectivity index (χ2v) is 6.58. The fourth-order valence-electron chi connectivity index (χ4n) is 2.49. The van der Waals surface area contributed by atoms with Crippen molar-refractivity contribution in [3.63, 3.8) is 0 Å². The molecule has 4 unspecified atom stereocenters. The summed E-state index contributed by atoms with van der Waals surface area (Å²) in [4.78, 5) is 4.36. The van der Waals surface area contributed by atoms with E-state index in [1.54, 1.807) is 13.8 Å². The van der Waals surface area contributed by atoms with Gasteiger partial charge in [-0.2, -0.15) is 0 Å². The molecule has 3 N–H and O–H groups in total. The summed E-state index contributed by atoms with van der Waals surface area (Å²) in [6, 6.07) is 0. The van der Waals surface area contributed by atoms with Crippen LogP contribution in [0, 0.1) is 5.92 Å². The van der Waals surface area contributed by atoms with E-state index in [9.17, 15) is 15.3 Å². The standard InChI is InChI=1S/C16H36N2O3/c1-6-13(2)9-17(10-14(3)19)7-8-18(11-15(4)20)12-16(5)21/h13-16,19-21H,6-12H2,1-5H3. The third-order valence-electron chi connectivity index (χ3n) is 3.57. The Balaban J connectivity index is 4.42. The number of nitrogens with zero attached hydrogens (tertiary/aromatic N) is 2. The second-order valence-electron chi connectivity index (χ2n) is 6.58. The summed E-state index contributed by atoms with van der Waals surface area (Å²) < 4.78 is 0. The first kappa shape index (κ1) is 20.8. The molecule has 0 radical (unpaired) electrons. The van der Waals surface area contributed by atoms with Crippen LogP contribution >= 0.6 is 0 Å². The van der Waals surface area contributed by atoms with Crippen LogP contribution in [0.15, 0.2) is 0 Å². The smallest absolute Gasteiger partial charge is 0.0639 e. The van der Waals surface area contributed by atoms with Crippen LogP contribution in [0.4, 0.5) is 0 Å². The fraction of sp³-hybridized carbons (Fsp3) is 1.00. The van der Waals surface area contributed by atoms with E-state index in [-0.39, 0.29) is 6.10 Å². The Bertz CT molecular complexity index is 238. The average molecular weight is 304 g/mol. The van der Waals surface area contributed by atoms with E-state index in [0.29, 0.717) is 25.6 Å². The summed E-state index contributed by atoms with van der Waals surface area (Å²) in [5.74, 6) is 0.603. The van der Waals surface area contributed by atoms with Gasteiger partial charge in [0.05, 0.1) is 18.3 Å². The summed E-state index contributed by atoms with van der Waals surface area (Å²) in [6.45, 7) is 14.1. The third kappa shape index (κ3) is 12.1. The molecule has 0 aliphatic carbocycles. The first-order chi connectivity index (χ1) is 9.74. The SMILES string of the molecule is CCC(C)CN(CCN(CC(C)O)CC(C)O)CC(C)O. The maximum absolute atomic E-state index is 9.63. The molecule has 0 amide bonds. The lowest BCUT2D eigenvalue weighted by molar-refractivity contribution is 0.0653. The molecule has 21 heavy (non-hydrogen) atoms. The fourth-order valence-corrected chi connectivity index (χ4v) is 2.49. The van der Waals surface area contributed by atoms with Gasteiger partial charge < -0.3 is 15.3 Å². The molecule has 5 nitrogen and oxygen atoms in total. The summed E-state index contributed by atoms with van der Waals surface area (Å²) in [7, 11) is 0. The van der Waals surface area contributed by atoms with Gasteiger partial charge in [0.15, 0.2) is 0 Å². The van der Waals surface area contributed by atoms with Crippen LogP contribution in [0.25, 0.3) is 0 Å². The number of aliphatic hydroxyl groups is 3. The van der Waals surface area contributed by atoms with Crippen LogP contribution in [0.5, 0.6) is 0 Å². The molecule has 0 saturated heterocycles. The normalized spacial score (nSPS) is 18.0. The summed E-state index contributed by atoms with van der Waals surface area (Å²) >= 11 is 0. The zero-order valence-corrected chi connectivity index (χ0v) is 14.5. The van der Waals surface area contributed by atoms with Gasteiger partial charge in [0.1, 0.15) is 0 Å². The van der Waals surface area contributed by atoms with Crippen molar-refractivity contribution in [2.45, 2.75) is 59.4 Å². The maximum Gasteiger partial charge on any atom is 0.0639 e. The highest BCUT2D eigenvalue weighted by Gasteiger charge is 2.15. The minimum atomic E-state index is -0.400. The first-order valence-corrected chi connectivity index (χ1v) is 8.23. The van der Waals surface area contributed by atoms with Crippen LogP contribution in [-0.2, 0) is 0 Å². The zero-order chi connectivity index (χ0) is 16.4. The van der Waals surface area contributed by atoms with Crippen LogP contribution in [0.1, 0.15) is 41.0 Å². The van der Waals surface area contributed by atoms with E-state index in [1.807, 2.05) is 6.92 Å². The predicted octanol–water partition coefficient (Wildman–Crippen LogP) is 0.779. The number of hydrogen-bond acceptors (Lipinski definition) is 5. The molecular weight excluding hydrogens is 268 g/mol. The summed E-state index contributed by atoms with van der Waals surface area (Å²) in [6.07, 6.45) is -0.00966. The van der Waals surface area contributed by atoms with Gasteiger partial charge in [0.25, 0.3) is 0 Å². The number of aliphatic hydroxyl groups excluding tert-OH is 3. The van der Waals surface area contributed by atoms with E-state index in [4.69, 9.17) is 0 Å². The quantitative estimate of drug-likeness (QED) is 0.497. The van der Waals surface area contributed by atoms with Gasteiger partial charge in [-0.1, -0.05) is 20.3 Å². The third-order valence-corrected chi connectivity index (χ3v) is 3.57. The van der Waals surface area contributed by atoms with Gasteiger partial charge in [-0.3, -0.25) is 9.80 Å². The highest BCUT2D eigenvalue weighted by atomic mass is 16.3. The highest BCUT2D eigenvalue weighted by molar-refractivity contribution is 4.70. The van der Waals surface area contributed by atoms with Crippen LogP contribution < -0.4 is 0 Å². The van der Waals surface area contributed by atoms with Crippen molar-refractivity contribution < 1.29 is 15.3 Å². The maximum atomic E-state index is 9.63. The summed E-state index contributed by atoms with van der Waals surface area (Å²) in [5, 5.41) is 28.7. The first-order valence-electron chi connectivity index (χ1n) is 8.23. The van der Waals surface area contributed by atoms with Crippen molar-refractivity contribution in [2.24, 2.45) is 5.92 Å². The van der Waals surface area contributed by atoms with Gasteiger partial charge >= 0.3 is 0 Å². The molecule has 0 rings (SSSR count). The van der Waals surface area contributed by atoms with Crippen molar-refractivity contribution in [3.05, 3.63) is 0 Å². The Kier molecular flexibility index (Phi) is 11.3. The van der Waals surface area contributed by atoms with Crippen molar-refractivity contribution >= 4 is 0 Å². The van der Waals surface area contributed by atoms with Crippen LogP contribution in [0.2, 0.25) is 0 Å². The van der Waals surface area contributed by atoms with Crippen molar-refractivity contribution in [3.8, 4) is 0 Å². The molecule has 0 aliphatic rings. The molecule has 0 spiro atoms. The highest BCUT2D eigenvalue weighted by Crippen LogP contribution is 2.06. The van der Waals surface area contributed by atoms with Crippen molar-refractivity contribution in [1.82, 2.24) is 9.80 Å². The lowest BCUT2D eigenvalue weighted by Gasteiger charge is -2.31. The minimum absolute atomic E-state index is 0.337. The molecule has 0 bridgehead atoms. The minimum Gasteiger partial charge on any atom is -0.392 e. The lowest BCUT2D eigenvalue weighted by Crippen LogP contribution is -2.44. The van der Waals surface area contributed by atoms with Crippen molar-refractivity contribution in [1.29, 1.82) is 0 Å². The molecule has 0 heterocycles. The molecule has 0 aromatic carbocycles. The lowest BCUT2D eigenvalue weighted by atomic mass is 10.1. The van der Waals surface area contributed by atoms with Gasteiger partial charge in [-0.25, -0.2) is 0 Å². The van der Waals surface area contributed by atoms with Gasteiger partial charge in [0, 0.05) is 39.3 Å². The molecule has 0 aromatic heterocycles. The van der Waals surface area contributed by atoms with Crippen molar-refractivity contribution in [2.75, 3.05) is 39.3 Å². The Labute approximate surface area is 130 Å². The topological polar surface area (TPSA) is 67.2 Å². The zero-order valence-electron chi connectivity index (χ0n) is 14.5. The molecule has 0 aliphatic heterocycles. The van der Waals surface area contributed by atoms with Crippen LogP contribution in [0.3, 0.4) is 0 Å². The molecular formula is C16H36N2O3. The van der Waals surface area contributed by atoms with E-state index >= 15 is 0 Å². The molecule has 0 saturated carbocycles. The van der Waals surface area contributed by atoms with Gasteiger partial charge in [-0.15, -0.1) is 0 Å². The summed E-state index contributed by atoms with van der Waals surface area (Å²) in [5.41, 5.74) is 0. The molecule has 5 heteroatoms. The number of hydrogen-bond donors (Lipinski definition) is 3. The Morgan fingerprint density at radius 1 is 0.667 bits per heavy atom. The molecule has 4 atom stereocenters. The van der Waals surface area contributed by atoms with E-state index < -0.39 is 12.2 Å². The monoisotopic (exact) mass is 304 g/mol. The van der Waals surface area contributed by atoms with Gasteiger partial charge in [0.2, 0.25) is 0 Å². The Hall–Kier alpha value is -0.200.